The van der Waals surface area contributed by atoms with Crippen LogP contribution in [0.4, 0.5) is 18.9 Å². The van der Waals surface area contributed by atoms with E-state index in [1.807, 2.05) is 19.1 Å². The molecule has 0 aliphatic heterocycles. The predicted octanol–water partition coefficient (Wildman–Crippen LogP) is 5.68. The van der Waals surface area contributed by atoms with Crippen LogP contribution in [0.25, 0.3) is 11.3 Å². The highest BCUT2D eigenvalue weighted by molar-refractivity contribution is 6.05. The van der Waals surface area contributed by atoms with Crippen molar-refractivity contribution in [2.45, 2.75) is 39.0 Å². The number of amides is 1. The van der Waals surface area contributed by atoms with E-state index in [2.05, 4.69) is 15.2 Å². The summed E-state index contributed by atoms with van der Waals surface area (Å²) in [6, 6.07) is 10.5. The zero-order valence-electron chi connectivity index (χ0n) is 16.2. The van der Waals surface area contributed by atoms with Gasteiger partial charge < -0.3 is 14.6 Å². The van der Waals surface area contributed by atoms with E-state index < -0.39 is 18.0 Å². The molecule has 0 atom stereocenters. The van der Waals surface area contributed by atoms with Gasteiger partial charge in [-0.25, -0.2) is 0 Å². The number of carbonyl (C=O) groups excluding carboxylic acids is 1. The van der Waals surface area contributed by atoms with E-state index in [0.29, 0.717) is 11.4 Å². The molecule has 1 aliphatic rings. The zero-order chi connectivity index (χ0) is 21.3. The van der Waals surface area contributed by atoms with Gasteiger partial charge in [-0.1, -0.05) is 23.4 Å². The zero-order valence-corrected chi connectivity index (χ0v) is 16.2. The fourth-order valence-electron chi connectivity index (χ4n) is 3.54. The lowest BCUT2D eigenvalue weighted by Crippen LogP contribution is -2.18. The summed E-state index contributed by atoms with van der Waals surface area (Å²) in [5, 5.41) is 6.93. The van der Waals surface area contributed by atoms with Gasteiger partial charge >= 0.3 is 6.36 Å². The fraction of sp³-hybridized carbons (Fsp3) is 0.273. The summed E-state index contributed by atoms with van der Waals surface area (Å²) in [4.78, 5) is 12.6. The number of fused-ring (bicyclic) bond motifs is 1. The largest absolute Gasteiger partial charge is 0.573 e. The Morgan fingerprint density at radius 3 is 2.73 bits per heavy atom. The Labute approximate surface area is 170 Å². The molecule has 1 aromatic heterocycles. The number of rotatable bonds is 4. The number of aromatic nitrogens is 1. The Morgan fingerprint density at radius 2 is 1.93 bits per heavy atom. The molecule has 2 aromatic carbocycles. The number of hydrogen-bond donors (Lipinski definition) is 1. The van der Waals surface area contributed by atoms with E-state index >= 15 is 0 Å². The molecule has 0 radical (unpaired) electrons. The van der Waals surface area contributed by atoms with Crippen LogP contribution < -0.4 is 10.1 Å². The number of anilines is 1. The predicted molar refractivity (Wildman–Crippen MR) is 104 cm³/mol. The topological polar surface area (TPSA) is 64.4 Å². The van der Waals surface area contributed by atoms with E-state index in [9.17, 15) is 18.0 Å². The van der Waals surface area contributed by atoms with E-state index in [1.165, 1.54) is 12.1 Å². The van der Waals surface area contributed by atoms with Crippen LogP contribution in [0, 0.1) is 6.92 Å². The van der Waals surface area contributed by atoms with Crippen LogP contribution in [-0.2, 0) is 12.8 Å². The minimum absolute atomic E-state index is 0.0543. The number of aryl methyl sites for hydroxylation is 2. The second-order valence-corrected chi connectivity index (χ2v) is 7.20. The maximum absolute atomic E-state index is 12.6. The number of alkyl halides is 3. The third-order valence-corrected chi connectivity index (χ3v) is 5.04. The highest BCUT2D eigenvalue weighted by Crippen LogP contribution is 2.33. The van der Waals surface area contributed by atoms with Gasteiger partial charge in [-0.3, -0.25) is 4.79 Å². The van der Waals surface area contributed by atoms with Gasteiger partial charge in [0.2, 0.25) is 0 Å². The third kappa shape index (κ3) is 4.32. The molecule has 0 bridgehead atoms. The van der Waals surface area contributed by atoms with Gasteiger partial charge in [0.15, 0.2) is 5.76 Å². The normalized spacial score (nSPS) is 13.6. The average molecular weight is 416 g/mol. The molecule has 1 aliphatic carbocycles. The number of hydrogen-bond acceptors (Lipinski definition) is 4. The number of nitrogens with zero attached hydrogens (tertiary/aromatic N) is 1. The van der Waals surface area contributed by atoms with Gasteiger partial charge in [0.25, 0.3) is 5.91 Å². The summed E-state index contributed by atoms with van der Waals surface area (Å²) in [5.74, 6) is -0.294. The van der Waals surface area contributed by atoms with Crippen LogP contribution in [0.1, 0.15) is 40.0 Å². The monoisotopic (exact) mass is 416 g/mol. The van der Waals surface area contributed by atoms with Crippen LogP contribution in [0.2, 0.25) is 0 Å². The Hall–Kier alpha value is -3.29. The quantitative estimate of drug-likeness (QED) is 0.594. The lowest BCUT2D eigenvalue weighted by molar-refractivity contribution is -0.274. The molecule has 0 unspecified atom stereocenters. The molecule has 30 heavy (non-hydrogen) atoms. The van der Waals surface area contributed by atoms with E-state index in [4.69, 9.17) is 4.52 Å². The number of benzene rings is 2. The fourth-order valence-corrected chi connectivity index (χ4v) is 3.54. The van der Waals surface area contributed by atoms with Crippen molar-refractivity contribution in [2.24, 2.45) is 0 Å². The molecule has 1 N–H and O–H groups in total. The molecular weight excluding hydrogens is 397 g/mol. The van der Waals surface area contributed by atoms with Crippen molar-refractivity contribution in [1.29, 1.82) is 0 Å². The summed E-state index contributed by atoms with van der Waals surface area (Å²) >= 11 is 0. The van der Waals surface area contributed by atoms with Crippen LogP contribution in [-0.4, -0.2) is 17.4 Å². The minimum Gasteiger partial charge on any atom is -0.406 e. The summed E-state index contributed by atoms with van der Waals surface area (Å²) in [6.45, 7) is 1.83. The van der Waals surface area contributed by atoms with E-state index in [1.54, 1.807) is 6.07 Å². The first kappa shape index (κ1) is 20.0. The van der Waals surface area contributed by atoms with Gasteiger partial charge in [0.1, 0.15) is 5.75 Å². The summed E-state index contributed by atoms with van der Waals surface area (Å²) in [5.41, 5.74) is 4.27. The molecule has 0 saturated carbocycles. The van der Waals surface area contributed by atoms with Gasteiger partial charge in [-0.05, 0) is 62.4 Å². The summed E-state index contributed by atoms with van der Waals surface area (Å²) < 4.78 is 46.8. The number of halogens is 3. The van der Waals surface area contributed by atoms with E-state index in [0.717, 1.165) is 60.2 Å². The number of ether oxygens (including phenoxy) is 1. The average Bonchev–Trinajstić information content (AvgIpc) is 3.13. The minimum atomic E-state index is -4.82. The SMILES string of the molecule is Cc1ccc(-c2onc3c2CCCC3)cc1NC(=O)c1cccc(OC(F)(F)F)c1. The van der Waals surface area contributed by atoms with Crippen molar-refractivity contribution in [3.8, 4) is 17.1 Å². The second-order valence-electron chi connectivity index (χ2n) is 7.20. The van der Waals surface area contributed by atoms with Gasteiger partial charge in [-0.15, -0.1) is 13.2 Å². The summed E-state index contributed by atoms with van der Waals surface area (Å²) in [6.07, 6.45) is -0.866. The highest BCUT2D eigenvalue weighted by Gasteiger charge is 2.31. The van der Waals surface area contributed by atoms with Crippen molar-refractivity contribution >= 4 is 11.6 Å². The first-order valence-electron chi connectivity index (χ1n) is 9.56. The molecular formula is C22H19F3N2O3. The maximum atomic E-state index is 12.6. The molecule has 3 aromatic rings. The third-order valence-electron chi connectivity index (χ3n) is 5.04. The first-order chi connectivity index (χ1) is 14.3. The molecule has 0 fully saturated rings. The van der Waals surface area contributed by atoms with Crippen LogP contribution >= 0.6 is 0 Å². The van der Waals surface area contributed by atoms with Crippen LogP contribution in [0.15, 0.2) is 47.0 Å². The Balaban J connectivity index is 1.58. The molecule has 1 amide bonds. The van der Waals surface area contributed by atoms with Crippen LogP contribution in [0.5, 0.6) is 5.75 Å². The lowest BCUT2D eigenvalue weighted by atomic mass is 9.93. The van der Waals surface area contributed by atoms with Crippen molar-refractivity contribution in [1.82, 2.24) is 5.16 Å². The lowest BCUT2D eigenvalue weighted by Gasteiger charge is -2.13. The van der Waals surface area contributed by atoms with Gasteiger partial charge in [-0.2, -0.15) is 0 Å². The highest BCUT2D eigenvalue weighted by atomic mass is 19.4. The maximum Gasteiger partial charge on any atom is 0.573 e. The van der Waals surface area contributed by atoms with Gasteiger partial charge in [0.05, 0.1) is 5.69 Å². The van der Waals surface area contributed by atoms with Crippen LogP contribution in [0.3, 0.4) is 0 Å². The Morgan fingerprint density at radius 1 is 1.13 bits per heavy atom. The van der Waals surface area contributed by atoms with Gasteiger partial charge in [0, 0.05) is 22.4 Å². The Kier molecular flexibility index (Phi) is 5.24. The molecule has 156 valence electrons. The molecule has 5 nitrogen and oxygen atoms in total. The van der Waals surface area contributed by atoms with E-state index in [-0.39, 0.29) is 5.56 Å². The van der Waals surface area contributed by atoms with Crippen molar-refractivity contribution in [2.75, 3.05) is 5.32 Å². The van der Waals surface area contributed by atoms with Crippen molar-refractivity contribution in [3.63, 3.8) is 0 Å². The standard InChI is InChI=1S/C22H19F3N2O3/c1-13-9-10-14(20-17-7-2-3-8-18(17)27-30-20)12-19(13)26-21(28)15-5-4-6-16(11-15)29-22(23,24)25/h4-6,9-12H,2-3,7-8H2,1H3,(H,26,28). The molecule has 0 saturated heterocycles. The molecule has 0 spiro atoms. The Bertz CT molecular complexity index is 1090. The second kappa shape index (κ2) is 7.85. The smallest absolute Gasteiger partial charge is 0.406 e. The number of carbonyl (C=O) groups is 1. The summed E-state index contributed by atoms with van der Waals surface area (Å²) in [7, 11) is 0. The molecule has 8 heteroatoms. The molecule has 4 rings (SSSR count). The first-order valence-corrected chi connectivity index (χ1v) is 9.56. The van der Waals surface area contributed by atoms with Crippen molar-refractivity contribution < 1.29 is 27.2 Å². The molecule has 1 heterocycles. The van der Waals surface area contributed by atoms with Crippen molar-refractivity contribution in [3.05, 3.63) is 64.8 Å². The number of nitrogens with one attached hydrogen (secondary N) is 1.